The molecule has 1 fully saturated rings. The average molecular weight is 244 g/mol. The van der Waals surface area contributed by atoms with Gasteiger partial charge in [0.25, 0.3) is 0 Å². The van der Waals surface area contributed by atoms with Crippen molar-refractivity contribution >= 4 is 11.6 Å². The van der Waals surface area contributed by atoms with Crippen LogP contribution in [-0.4, -0.2) is 36.1 Å². The molecule has 0 saturated carbocycles. The first-order valence-corrected chi connectivity index (χ1v) is 5.84. The molecule has 1 aliphatic heterocycles. The van der Waals surface area contributed by atoms with Crippen LogP contribution in [0.5, 0.6) is 0 Å². The highest BCUT2D eigenvalue weighted by atomic mass is 35.5. The largest absolute Gasteiger partial charge is 0.389 e. The SMILES string of the molecule is CC1CCN(CCCC(F)(F)F)C1CCl. The summed E-state index contributed by atoms with van der Waals surface area (Å²) < 4.78 is 35.8. The molecular formula is C10H17ClF3N. The second-order valence-electron chi connectivity index (χ2n) is 4.24. The molecule has 2 unspecified atom stereocenters. The Morgan fingerprint density at radius 2 is 2.07 bits per heavy atom. The van der Waals surface area contributed by atoms with Crippen LogP contribution in [0.2, 0.25) is 0 Å². The Kier molecular flexibility index (Phi) is 4.71. The number of alkyl halides is 4. The van der Waals surface area contributed by atoms with Crippen LogP contribution in [0.15, 0.2) is 0 Å². The van der Waals surface area contributed by atoms with E-state index in [1.54, 1.807) is 0 Å². The minimum Gasteiger partial charge on any atom is -0.299 e. The third-order valence-electron chi connectivity index (χ3n) is 3.06. The fraction of sp³-hybridized carbons (Fsp3) is 1.00. The Morgan fingerprint density at radius 3 is 2.60 bits per heavy atom. The van der Waals surface area contributed by atoms with E-state index in [-0.39, 0.29) is 12.5 Å². The lowest BCUT2D eigenvalue weighted by Gasteiger charge is -2.24. The summed E-state index contributed by atoms with van der Waals surface area (Å²) in [5.41, 5.74) is 0. The van der Waals surface area contributed by atoms with Gasteiger partial charge in [-0.2, -0.15) is 13.2 Å². The molecule has 1 rings (SSSR count). The molecule has 1 saturated heterocycles. The van der Waals surface area contributed by atoms with Crippen molar-refractivity contribution in [1.82, 2.24) is 4.90 Å². The van der Waals surface area contributed by atoms with Crippen molar-refractivity contribution in [2.24, 2.45) is 5.92 Å². The van der Waals surface area contributed by atoms with Crippen LogP contribution in [0.4, 0.5) is 13.2 Å². The minimum absolute atomic E-state index is 0.184. The molecule has 0 aromatic heterocycles. The lowest BCUT2D eigenvalue weighted by Crippen LogP contribution is -2.34. The molecule has 90 valence electrons. The van der Waals surface area contributed by atoms with Crippen molar-refractivity contribution < 1.29 is 13.2 Å². The van der Waals surface area contributed by atoms with Crippen molar-refractivity contribution in [1.29, 1.82) is 0 Å². The Morgan fingerprint density at radius 1 is 1.40 bits per heavy atom. The molecule has 0 aromatic rings. The zero-order valence-corrected chi connectivity index (χ0v) is 9.61. The van der Waals surface area contributed by atoms with Gasteiger partial charge >= 0.3 is 6.18 Å². The first-order chi connectivity index (χ1) is 6.94. The summed E-state index contributed by atoms with van der Waals surface area (Å²) in [6.07, 6.45) is -3.48. The van der Waals surface area contributed by atoms with Gasteiger partial charge in [-0.05, 0) is 31.8 Å². The van der Waals surface area contributed by atoms with Crippen molar-refractivity contribution in [2.45, 2.75) is 38.4 Å². The summed E-state index contributed by atoms with van der Waals surface area (Å²) in [5.74, 6) is 1.03. The van der Waals surface area contributed by atoms with E-state index >= 15 is 0 Å². The molecule has 0 aliphatic carbocycles. The van der Waals surface area contributed by atoms with Crippen molar-refractivity contribution in [3.05, 3.63) is 0 Å². The quantitative estimate of drug-likeness (QED) is 0.685. The van der Waals surface area contributed by atoms with E-state index in [0.717, 1.165) is 13.0 Å². The van der Waals surface area contributed by atoms with Gasteiger partial charge in [0.1, 0.15) is 0 Å². The minimum atomic E-state index is -4.03. The molecule has 0 bridgehead atoms. The Hall–Kier alpha value is 0.0400. The van der Waals surface area contributed by atoms with Crippen molar-refractivity contribution in [2.75, 3.05) is 19.0 Å². The number of halogens is 4. The molecule has 1 aliphatic rings. The molecule has 0 N–H and O–H groups in total. The Bertz CT molecular complexity index is 196. The van der Waals surface area contributed by atoms with Gasteiger partial charge in [0.2, 0.25) is 0 Å². The van der Waals surface area contributed by atoms with Crippen molar-refractivity contribution in [3.63, 3.8) is 0 Å². The Balaban J connectivity index is 2.27. The predicted molar refractivity (Wildman–Crippen MR) is 55.2 cm³/mol. The lowest BCUT2D eigenvalue weighted by molar-refractivity contribution is -0.136. The van der Waals surface area contributed by atoms with Gasteiger partial charge in [-0.3, -0.25) is 4.90 Å². The zero-order valence-electron chi connectivity index (χ0n) is 8.86. The third kappa shape index (κ3) is 4.19. The van der Waals surface area contributed by atoms with Crippen LogP contribution in [0, 0.1) is 5.92 Å². The Labute approximate surface area is 93.6 Å². The highest BCUT2D eigenvalue weighted by Gasteiger charge is 2.31. The standard InChI is InChI=1S/C10H17ClF3N/c1-8-3-6-15(9(8)7-11)5-2-4-10(12,13)14/h8-9H,2-7H2,1H3. The molecule has 0 aromatic carbocycles. The van der Waals surface area contributed by atoms with Crippen molar-refractivity contribution in [3.8, 4) is 0 Å². The van der Waals surface area contributed by atoms with E-state index in [4.69, 9.17) is 11.6 Å². The summed E-state index contributed by atoms with van der Waals surface area (Å²) >= 11 is 5.80. The number of likely N-dealkylation sites (tertiary alicyclic amines) is 1. The van der Waals surface area contributed by atoms with E-state index in [2.05, 4.69) is 11.8 Å². The van der Waals surface area contributed by atoms with Gasteiger partial charge < -0.3 is 0 Å². The molecule has 0 radical (unpaired) electrons. The monoisotopic (exact) mass is 243 g/mol. The molecule has 0 amide bonds. The highest BCUT2D eigenvalue weighted by molar-refractivity contribution is 6.18. The van der Waals surface area contributed by atoms with E-state index in [9.17, 15) is 13.2 Å². The predicted octanol–water partition coefficient (Wildman–Crippen LogP) is 3.28. The summed E-state index contributed by atoms with van der Waals surface area (Å²) in [5, 5.41) is 0. The topological polar surface area (TPSA) is 3.24 Å². The third-order valence-corrected chi connectivity index (χ3v) is 3.38. The highest BCUT2D eigenvalue weighted by Crippen LogP contribution is 2.27. The van der Waals surface area contributed by atoms with Crippen LogP contribution in [0.1, 0.15) is 26.2 Å². The van der Waals surface area contributed by atoms with Crippen LogP contribution in [0.25, 0.3) is 0 Å². The molecular weight excluding hydrogens is 227 g/mol. The summed E-state index contributed by atoms with van der Waals surface area (Å²) in [6.45, 7) is 3.51. The van der Waals surface area contributed by atoms with E-state index in [1.807, 2.05) is 0 Å². The second-order valence-corrected chi connectivity index (χ2v) is 4.55. The zero-order chi connectivity index (χ0) is 11.5. The van der Waals surface area contributed by atoms with E-state index in [0.29, 0.717) is 18.3 Å². The van der Waals surface area contributed by atoms with Gasteiger partial charge in [-0.25, -0.2) is 0 Å². The van der Waals surface area contributed by atoms with Crippen LogP contribution < -0.4 is 0 Å². The van der Waals surface area contributed by atoms with Gasteiger partial charge in [-0.1, -0.05) is 6.92 Å². The van der Waals surface area contributed by atoms with Crippen LogP contribution >= 0.6 is 11.6 Å². The lowest BCUT2D eigenvalue weighted by atomic mass is 10.1. The smallest absolute Gasteiger partial charge is 0.299 e. The van der Waals surface area contributed by atoms with Gasteiger partial charge in [-0.15, -0.1) is 11.6 Å². The molecule has 15 heavy (non-hydrogen) atoms. The van der Waals surface area contributed by atoms with E-state index in [1.165, 1.54) is 0 Å². The first-order valence-electron chi connectivity index (χ1n) is 5.31. The first kappa shape index (κ1) is 13.1. The van der Waals surface area contributed by atoms with Gasteiger partial charge in [0, 0.05) is 18.3 Å². The van der Waals surface area contributed by atoms with Gasteiger partial charge in [0.15, 0.2) is 0 Å². The fourth-order valence-electron chi connectivity index (χ4n) is 2.10. The summed E-state index contributed by atoms with van der Waals surface area (Å²) in [7, 11) is 0. The van der Waals surface area contributed by atoms with Crippen LogP contribution in [-0.2, 0) is 0 Å². The fourth-order valence-corrected chi connectivity index (χ4v) is 2.60. The number of hydrogen-bond acceptors (Lipinski definition) is 1. The van der Waals surface area contributed by atoms with Crippen LogP contribution in [0.3, 0.4) is 0 Å². The molecule has 1 nitrogen and oxygen atoms in total. The van der Waals surface area contributed by atoms with Gasteiger partial charge in [0.05, 0.1) is 0 Å². The molecule has 1 heterocycles. The molecule has 5 heteroatoms. The molecule has 0 spiro atoms. The normalized spacial score (nSPS) is 28.6. The molecule has 2 atom stereocenters. The number of hydrogen-bond donors (Lipinski definition) is 0. The average Bonchev–Trinajstić information content (AvgIpc) is 2.44. The summed E-state index contributed by atoms with van der Waals surface area (Å²) in [4.78, 5) is 2.09. The maximum absolute atomic E-state index is 11.9. The maximum atomic E-state index is 11.9. The maximum Gasteiger partial charge on any atom is 0.389 e. The summed E-state index contributed by atoms with van der Waals surface area (Å²) in [6, 6.07) is 0.264. The van der Waals surface area contributed by atoms with E-state index < -0.39 is 12.6 Å². The second kappa shape index (κ2) is 5.39. The number of nitrogens with zero attached hydrogens (tertiary/aromatic N) is 1. The number of rotatable bonds is 4.